The van der Waals surface area contributed by atoms with Crippen molar-refractivity contribution in [2.24, 2.45) is 5.92 Å². The van der Waals surface area contributed by atoms with Crippen molar-refractivity contribution in [2.75, 3.05) is 30.0 Å². The second-order valence-electron chi connectivity index (χ2n) is 6.93. The van der Waals surface area contributed by atoms with Crippen LogP contribution >= 0.6 is 0 Å². The van der Waals surface area contributed by atoms with E-state index in [1.807, 2.05) is 19.9 Å². The molecule has 0 amide bonds. The minimum absolute atomic E-state index is 0.0510. The first-order valence-electron chi connectivity index (χ1n) is 9.05. The van der Waals surface area contributed by atoms with E-state index in [2.05, 4.69) is 20.0 Å². The molecule has 0 saturated heterocycles. The average Bonchev–Trinajstić information content (AvgIpc) is 2.67. The number of methoxy groups -OCH3 is 2. The van der Waals surface area contributed by atoms with Crippen LogP contribution in [-0.4, -0.2) is 38.4 Å². The number of ether oxygens (including phenoxy) is 2. The normalized spacial score (nSPS) is 11.5. The molecule has 0 atom stereocenters. The van der Waals surface area contributed by atoms with Crippen LogP contribution in [0.15, 0.2) is 42.7 Å². The predicted molar refractivity (Wildman–Crippen MR) is 115 cm³/mol. The largest absolute Gasteiger partial charge is 0.493 e. The first-order chi connectivity index (χ1) is 13.8. The molecule has 0 aliphatic heterocycles. The molecule has 3 aromatic rings. The van der Waals surface area contributed by atoms with Gasteiger partial charge in [-0.3, -0.25) is 4.72 Å². The highest BCUT2D eigenvalue weighted by Crippen LogP contribution is 2.34. The van der Waals surface area contributed by atoms with Gasteiger partial charge in [-0.15, -0.1) is 0 Å². The molecule has 29 heavy (non-hydrogen) atoms. The molecule has 154 valence electrons. The Morgan fingerprint density at radius 1 is 0.966 bits per heavy atom. The van der Waals surface area contributed by atoms with Crippen molar-refractivity contribution in [2.45, 2.75) is 13.8 Å². The van der Waals surface area contributed by atoms with E-state index in [4.69, 9.17) is 9.47 Å². The molecule has 0 bridgehead atoms. The molecule has 0 radical (unpaired) electrons. The van der Waals surface area contributed by atoms with Gasteiger partial charge in [0.25, 0.3) is 0 Å². The second-order valence-corrected chi connectivity index (χ2v) is 8.69. The van der Waals surface area contributed by atoms with Gasteiger partial charge in [0, 0.05) is 22.8 Å². The lowest BCUT2D eigenvalue weighted by molar-refractivity contribution is 0.356. The van der Waals surface area contributed by atoms with Crippen molar-refractivity contribution in [3.8, 4) is 11.5 Å². The number of hydrogen-bond acceptors (Lipinski definition) is 7. The van der Waals surface area contributed by atoms with Crippen LogP contribution in [-0.2, 0) is 10.0 Å². The molecule has 0 fully saturated rings. The van der Waals surface area contributed by atoms with Crippen LogP contribution in [0.3, 0.4) is 0 Å². The summed E-state index contributed by atoms with van der Waals surface area (Å²) in [7, 11) is -0.226. The fraction of sp³-hybridized carbons (Fsp3) is 0.300. The van der Waals surface area contributed by atoms with Crippen molar-refractivity contribution in [1.29, 1.82) is 0 Å². The third-order valence-electron chi connectivity index (χ3n) is 4.11. The highest BCUT2D eigenvalue weighted by molar-refractivity contribution is 7.92. The molecule has 0 aliphatic carbocycles. The number of aromatic nitrogens is 2. The van der Waals surface area contributed by atoms with Gasteiger partial charge in [0.1, 0.15) is 12.1 Å². The minimum Gasteiger partial charge on any atom is -0.493 e. The van der Waals surface area contributed by atoms with Crippen LogP contribution in [0.25, 0.3) is 10.9 Å². The van der Waals surface area contributed by atoms with Crippen molar-refractivity contribution >= 4 is 38.1 Å². The maximum atomic E-state index is 12.1. The molecule has 1 heterocycles. The van der Waals surface area contributed by atoms with Crippen LogP contribution in [0.5, 0.6) is 11.5 Å². The number of fused-ring (bicyclic) bond motifs is 1. The smallest absolute Gasteiger partial charge is 0.232 e. The van der Waals surface area contributed by atoms with E-state index in [1.165, 1.54) is 6.33 Å². The van der Waals surface area contributed by atoms with Crippen molar-refractivity contribution in [3.63, 3.8) is 0 Å². The predicted octanol–water partition coefficient (Wildman–Crippen LogP) is 3.79. The van der Waals surface area contributed by atoms with Crippen molar-refractivity contribution < 1.29 is 17.9 Å². The number of nitrogens with zero attached hydrogens (tertiary/aromatic N) is 2. The van der Waals surface area contributed by atoms with E-state index >= 15 is 0 Å². The van der Waals surface area contributed by atoms with Crippen molar-refractivity contribution in [3.05, 3.63) is 42.7 Å². The van der Waals surface area contributed by atoms with Crippen molar-refractivity contribution in [1.82, 2.24) is 9.97 Å². The van der Waals surface area contributed by atoms with E-state index in [-0.39, 0.29) is 11.7 Å². The zero-order valence-corrected chi connectivity index (χ0v) is 17.6. The van der Waals surface area contributed by atoms with Crippen LogP contribution in [0.1, 0.15) is 13.8 Å². The minimum atomic E-state index is -3.37. The van der Waals surface area contributed by atoms with Gasteiger partial charge in [-0.05, 0) is 36.2 Å². The summed E-state index contributed by atoms with van der Waals surface area (Å²) in [6.45, 7) is 3.73. The Bertz CT molecular complexity index is 1100. The van der Waals surface area contributed by atoms with Crippen LogP contribution in [0, 0.1) is 5.92 Å². The number of hydrogen-bond donors (Lipinski definition) is 2. The molecule has 0 saturated carbocycles. The summed E-state index contributed by atoms with van der Waals surface area (Å²) < 4.78 is 37.4. The monoisotopic (exact) mass is 416 g/mol. The summed E-state index contributed by atoms with van der Waals surface area (Å²) in [6, 6.07) is 10.6. The SMILES string of the molecule is COc1cc2ncnc(Nc3ccc(NS(=O)(=O)CC(C)C)cc3)c2cc1OC. The number of anilines is 3. The highest BCUT2D eigenvalue weighted by Gasteiger charge is 2.13. The van der Waals surface area contributed by atoms with E-state index < -0.39 is 10.0 Å². The molecule has 0 aliphatic rings. The summed E-state index contributed by atoms with van der Waals surface area (Å²) in [5.74, 6) is 1.89. The maximum Gasteiger partial charge on any atom is 0.232 e. The molecule has 3 rings (SSSR count). The summed E-state index contributed by atoms with van der Waals surface area (Å²) in [4.78, 5) is 8.60. The summed E-state index contributed by atoms with van der Waals surface area (Å²) in [5, 5.41) is 4.00. The second kappa shape index (κ2) is 8.52. The Morgan fingerprint density at radius 3 is 2.21 bits per heavy atom. The van der Waals surface area contributed by atoms with Crippen LogP contribution < -0.4 is 19.5 Å². The first kappa shape index (κ1) is 20.7. The standard InChI is InChI=1S/C20H24N4O4S/c1-13(2)11-29(25,26)24-15-7-5-14(6-8-15)23-20-16-9-18(27-3)19(28-4)10-17(16)21-12-22-20/h5-10,12-13,24H,11H2,1-4H3,(H,21,22,23). The third kappa shape index (κ3) is 5.05. The Kier molecular flexibility index (Phi) is 6.07. The molecule has 0 unspecified atom stereocenters. The van der Waals surface area contributed by atoms with Gasteiger partial charge in [0.2, 0.25) is 10.0 Å². The first-order valence-corrected chi connectivity index (χ1v) is 10.7. The molecular weight excluding hydrogens is 392 g/mol. The number of benzene rings is 2. The fourth-order valence-electron chi connectivity index (χ4n) is 2.90. The Morgan fingerprint density at radius 2 is 1.59 bits per heavy atom. The topological polar surface area (TPSA) is 102 Å². The summed E-state index contributed by atoms with van der Waals surface area (Å²) >= 11 is 0. The molecular formula is C20H24N4O4S. The summed E-state index contributed by atoms with van der Waals surface area (Å²) in [5.41, 5.74) is 1.97. The van der Waals surface area contributed by atoms with Gasteiger partial charge < -0.3 is 14.8 Å². The fourth-order valence-corrected chi connectivity index (χ4v) is 4.36. The Hall–Kier alpha value is -3.07. The number of sulfonamides is 1. The lowest BCUT2D eigenvalue weighted by Gasteiger charge is -2.13. The van der Waals surface area contributed by atoms with E-state index in [0.29, 0.717) is 28.5 Å². The molecule has 2 aromatic carbocycles. The third-order valence-corrected chi connectivity index (χ3v) is 5.77. The van der Waals surface area contributed by atoms with E-state index in [9.17, 15) is 8.42 Å². The van der Waals surface area contributed by atoms with E-state index in [0.717, 1.165) is 11.1 Å². The van der Waals surface area contributed by atoms with Gasteiger partial charge in [0.15, 0.2) is 11.5 Å². The van der Waals surface area contributed by atoms with Crippen LogP contribution in [0.4, 0.5) is 17.2 Å². The zero-order valence-electron chi connectivity index (χ0n) is 16.8. The van der Waals surface area contributed by atoms with Gasteiger partial charge in [0.05, 0.1) is 25.5 Å². The van der Waals surface area contributed by atoms with Gasteiger partial charge in [-0.1, -0.05) is 13.8 Å². The average molecular weight is 417 g/mol. The van der Waals surface area contributed by atoms with Crippen LogP contribution in [0.2, 0.25) is 0 Å². The van der Waals surface area contributed by atoms with Gasteiger partial charge in [-0.25, -0.2) is 18.4 Å². The lowest BCUT2D eigenvalue weighted by atomic mass is 10.2. The van der Waals surface area contributed by atoms with E-state index in [1.54, 1.807) is 44.6 Å². The Balaban J connectivity index is 1.84. The molecule has 9 heteroatoms. The molecule has 8 nitrogen and oxygen atoms in total. The quantitative estimate of drug-likeness (QED) is 0.576. The highest BCUT2D eigenvalue weighted by atomic mass is 32.2. The number of nitrogens with one attached hydrogen (secondary N) is 2. The molecule has 2 N–H and O–H groups in total. The maximum absolute atomic E-state index is 12.1. The van der Waals surface area contributed by atoms with Gasteiger partial charge in [-0.2, -0.15) is 0 Å². The summed E-state index contributed by atoms with van der Waals surface area (Å²) in [6.07, 6.45) is 1.46. The molecule has 0 spiro atoms. The number of rotatable bonds is 8. The zero-order chi connectivity index (χ0) is 21.0. The van der Waals surface area contributed by atoms with Gasteiger partial charge >= 0.3 is 0 Å². The Labute approximate surface area is 170 Å². The molecule has 1 aromatic heterocycles. The lowest BCUT2D eigenvalue weighted by Crippen LogP contribution is -2.19.